The molecule has 0 aromatic carbocycles. The van der Waals surface area contributed by atoms with Gasteiger partial charge in [-0.3, -0.25) is 4.79 Å². The van der Waals surface area contributed by atoms with Crippen LogP contribution in [0.2, 0.25) is 5.15 Å². The van der Waals surface area contributed by atoms with Gasteiger partial charge in [0.05, 0.1) is 6.20 Å². The minimum Gasteiger partial charge on any atom is -0.345 e. The Hall–Kier alpha value is -1.27. The summed E-state index contributed by atoms with van der Waals surface area (Å²) in [5.41, 5.74) is 0. The fourth-order valence-electron chi connectivity index (χ4n) is 2.87. The summed E-state index contributed by atoms with van der Waals surface area (Å²) < 4.78 is 12.9. The molecule has 5 nitrogen and oxygen atoms in total. The van der Waals surface area contributed by atoms with Crippen LogP contribution in [0.5, 0.6) is 0 Å². The molecule has 2 bridgehead atoms. The topological polar surface area (TPSA) is 58.1 Å². The first-order valence-corrected chi connectivity index (χ1v) is 6.71. The molecule has 0 radical (unpaired) electrons. The van der Waals surface area contributed by atoms with Crippen molar-refractivity contribution in [1.82, 2.24) is 20.2 Å². The normalized spacial score (nSPS) is 29.3. The number of aromatic nitrogens is 2. The first kappa shape index (κ1) is 12.7. The largest absolute Gasteiger partial charge is 0.345 e. The van der Waals surface area contributed by atoms with E-state index in [0.29, 0.717) is 5.92 Å². The molecule has 3 rings (SSSR count). The van der Waals surface area contributed by atoms with E-state index in [9.17, 15) is 9.18 Å². The van der Waals surface area contributed by atoms with Crippen LogP contribution in [0.25, 0.3) is 0 Å². The summed E-state index contributed by atoms with van der Waals surface area (Å²) in [5, 5.41) is 2.57. The SMILES string of the molecule is O=C(NC1CC2CCN(C2)C1)c1ncc(F)c(Cl)n1. The number of amides is 1. The lowest BCUT2D eigenvalue weighted by Gasteiger charge is -2.30. The highest BCUT2D eigenvalue weighted by Crippen LogP contribution is 2.26. The van der Waals surface area contributed by atoms with Gasteiger partial charge in [0.1, 0.15) is 0 Å². The molecule has 1 N–H and O–H groups in total. The second-order valence-electron chi connectivity index (χ2n) is 5.15. The maximum atomic E-state index is 12.9. The zero-order valence-corrected chi connectivity index (χ0v) is 11.0. The maximum absolute atomic E-state index is 12.9. The van der Waals surface area contributed by atoms with Gasteiger partial charge in [-0.1, -0.05) is 11.6 Å². The van der Waals surface area contributed by atoms with E-state index in [2.05, 4.69) is 20.2 Å². The van der Waals surface area contributed by atoms with Crippen LogP contribution >= 0.6 is 11.6 Å². The molecule has 0 aliphatic carbocycles. The summed E-state index contributed by atoms with van der Waals surface area (Å²) in [7, 11) is 0. The van der Waals surface area contributed by atoms with Gasteiger partial charge in [0.15, 0.2) is 11.0 Å². The van der Waals surface area contributed by atoms with E-state index in [1.165, 1.54) is 6.42 Å². The molecule has 0 spiro atoms. The van der Waals surface area contributed by atoms with E-state index in [0.717, 1.165) is 32.3 Å². The van der Waals surface area contributed by atoms with Crippen LogP contribution in [-0.4, -0.2) is 46.5 Å². The lowest BCUT2D eigenvalue weighted by atomic mass is 9.97. The molecular formula is C12H14ClFN4O. The van der Waals surface area contributed by atoms with Crippen molar-refractivity contribution in [3.63, 3.8) is 0 Å². The number of nitrogens with zero attached hydrogens (tertiary/aromatic N) is 3. The van der Waals surface area contributed by atoms with E-state index in [1.54, 1.807) is 0 Å². The molecular weight excluding hydrogens is 271 g/mol. The molecule has 1 aromatic rings. The first-order valence-electron chi connectivity index (χ1n) is 6.33. The van der Waals surface area contributed by atoms with Crippen molar-refractivity contribution in [3.05, 3.63) is 23.0 Å². The number of carbonyl (C=O) groups is 1. The van der Waals surface area contributed by atoms with Crippen LogP contribution < -0.4 is 5.32 Å². The number of rotatable bonds is 2. The van der Waals surface area contributed by atoms with Crippen molar-refractivity contribution in [2.24, 2.45) is 5.92 Å². The van der Waals surface area contributed by atoms with Gasteiger partial charge in [0.25, 0.3) is 5.91 Å². The molecule has 0 saturated carbocycles. The average Bonchev–Trinajstić information content (AvgIpc) is 2.72. The number of carbonyl (C=O) groups excluding carboxylic acids is 1. The summed E-state index contributed by atoms with van der Waals surface area (Å²) in [6.45, 7) is 3.10. The van der Waals surface area contributed by atoms with E-state index < -0.39 is 11.7 Å². The molecule has 2 aliphatic heterocycles. The minimum absolute atomic E-state index is 0.0840. The molecule has 1 aromatic heterocycles. The van der Waals surface area contributed by atoms with Crippen LogP contribution in [0, 0.1) is 11.7 Å². The summed E-state index contributed by atoms with van der Waals surface area (Å²) in [6, 6.07) is 0.112. The van der Waals surface area contributed by atoms with Gasteiger partial charge in [-0.25, -0.2) is 14.4 Å². The summed E-state index contributed by atoms with van der Waals surface area (Å²) >= 11 is 5.54. The molecule has 1 amide bonds. The van der Waals surface area contributed by atoms with Gasteiger partial charge in [0, 0.05) is 19.1 Å². The fraction of sp³-hybridized carbons (Fsp3) is 0.583. The predicted molar refractivity (Wildman–Crippen MR) is 67.4 cm³/mol. The molecule has 2 saturated heterocycles. The number of halogens is 2. The van der Waals surface area contributed by atoms with E-state index >= 15 is 0 Å². The Kier molecular flexibility index (Phi) is 3.36. The summed E-state index contributed by atoms with van der Waals surface area (Å²) in [5.74, 6) is -0.537. The Bertz CT molecular complexity index is 501. The number of piperidine rings is 1. The lowest BCUT2D eigenvalue weighted by molar-refractivity contribution is 0.0898. The van der Waals surface area contributed by atoms with Gasteiger partial charge < -0.3 is 10.2 Å². The van der Waals surface area contributed by atoms with Crippen LogP contribution in [0.15, 0.2) is 6.20 Å². The standard InChI is InChI=1S/C12H14ClFN4O/c13-10-9(14)4-15-11(17-10)12(19)16-8-3-7-1-2-18(5-7)6-8/h4,7-8H,1-3,5-6H2,(H,16,19). The Morgan fingerprint density at radius 2 is 2.37 bits per heavy atom. The summed E-state index contributed by atoms with van der Waals surface area (Å²) in [4.78, 5) is 21.6. The monoisotopic (exact) mass is 284 g/mol. The molecule has 3 unspecified atom stereocenters. The predicted octanol–water partition coefficient (Wildman–Crippen LogP) is 1.09. The highest BCUT2D eigenvalue weighted by molar-refractivity contribution is 6.29. The number of fused-ring (bicyclic) bond motifs is 2. The molecule has 2 aliphatic rings. The number of hydrogen-bond donors (Lipinski definition) is 1. The Morgan fingerprint density at radius 1 is 1.53 bits per heavy atom. The van der Waals surface area contributed by atoms with Crippen molar-refractivity contribution >= 4 is 17.5 Å². The van der Waals surface area contributed by atoms with Crippen molar-refractivity contribution in [2.75, 3.05) is 19.6 Å². The lowest BCUT2D eigenvalue weighted by Crippen LogP contribution is -2.47. The van der Waals surface area contributed by atoms with Gasteiger partial charge in [-0.2, -0.15) is 0 Å². The Balaban J connectivity index is 1.66. The van der Waals surface area contributed by atoms with Gasteiger partial charge in [0.2, 0.25) is 5.82 Å². The maximum Gasteiger partial charge on any atom is 0.289 e. The quantitative estimate of drug-likeness (QED) is 0.826. The Morgan fingerprint density at radius 3 is 3.11 bits per heavy atom. The highest BCUT2D eigenvalue weighted by Gasteiger charge is 2.33. The van der Waals surface area contributed by atoms with E-state index in [-0.39, 0.29) is 17.0 Å². The zero-order chi connectivity index (χ0) is 13.4. The molecule has 3 heterocycles. The summed E-state index contributed by atoms with van der Waals surface area (Å²) in [6.07, 6.45) is 3.10. The molecule has 2 fully saturated rings. The van der Waals surface area contributed by atoms with Crippen LogP contribution in [0.3, 0.4) is 0 Å². The molecule has 3 atom stereocenters. The van der Waals surface area contributed by atoms with Crippen molar-refractivity contribution in [1.29, 1.82) is 0 Å². The first-order chi connectivity index (χ1) is 9.11. The van der Waals surface area contributed by atoms with Gasteiger partial charge >= 0.3 is 0 Å². The van der Waals surface area contributed by atoms with Crippen molar-refractivity contribution in [2.45, 2.75) is 18.9 Å². The second-order valence-corrected chi connectivity index (χ2v) is 5.51. The third kappa shape index (κ3) is 2.69. The van der Waals surface area contributed by atoms with Gasteiger partial charge in [-0.05, 0) is 25.3 Å². The fourth-order valence-corrected chi connectivity index (χ4v) is 3.00. The third-order valence-electron chi connectivity index (χ3n) is 3.71. The number of nitrogens with one attached hydrogen (secondary N) is 1. The smallest absolute Gasteiger partial charge is 0.289 e. The van der Waals surface area contributed by atoms with Crippen molar-refractivity contribution < 1.29 is 9.18 Å². The highest BCUT2D eigenvalue weighted by atomic mass is 35.5. The van der Waals surface area contributed by atoms with Crippen LogP contribution in [0.4, 0.5) is 4.39 Å². The van der Waals surface area contributed by atoms with E-state index in [4.69, 9.17) is 11.6 Å². The number of hydrogen-bond acceptors (Lipinski definition) is 4. The van der Waals surface area contributed by atoms with Crippen LogP contribution in [0.1, 0.15) is 23.5 Å². The van der Waals surface area contributed by atoms with E-state index in [1.807, 2.05) is 0 Å². The second kappa shape index (κ2) is 5.02. The average molecular weight is 285 g/mol. The minimum atomic E-state index is -0.722. The third-order valence-corrected chi connectivity index (χ3v) is 3.97. The molecule has 7 heteroatoms. The van der Waals surface area contributed by atoms with Crippen molar-refractivity contribution in [3.8, 4) is 0 Å². The van der Waals surface area contributed by atoms with Crippen LogP contribution in [-0.2, 0) is 0 Å². The molecule has 19 heavy (non-hydrogen) atoms. The van der Waals surface area contributed by atoms with Gasteiger partial charge in [-0.15, -0.1) is 0 Å². The zero-order valence-electron chi connectivity index (χ0n) is 10.3. The molecule has 102 valence electrons. The Labute approximate surface area is 115 Å².